The number of alkyl halides is 3. The van der Waals surface area contributed by atoms with Gasteiger partial charge in [-0.3, -0.25) is 0 Å². The molecule has 2 aromatic rings. The highest BCUT2D eigenvalue weighted by atomic mass is 19.4. The summed E-state index contributed by atoms with van der Waals surface area (Å²) in [5.74, 6) is 0.452. The van der Waals surface area contributed by atoms with Crippen molar-refractivity contribution in [1.29, 1.82) is 0 Å². The zero-order valence-corrected chi connectivity index (χ0v) is 14.2. The topological polar surface area (TPSA) is 38.2 Å². The average molecular weight is 351 g/mol. The molecule has 3 rings (SSSR count). The number of piperidine rings is 1. The quantitative estimate of drug-likeness (QED) is 0.839. The highest BCUT2D eigenvalue weighted by Gasteiger charge is 2.30. The van der Waals surface area contributed by atoms with E-state index in [2.05, 4.69) is 22.1 Å². The maximum Gasteiger partial charge on any atom is 0.416 e. The van der Waals surface area contributed by atoms with E-state index in [-0.39, 0.29) is 6.10 Å². The smallest absolute Gasteiger partial charge is 0.416 e. The van der Waals surface area contributed by atoms with Gasteiger partial charge >= 0.3 is 6.18 Å². The summed E-state index contributed by atoms with van der Waals surface area (Å²) in [6.07, 6.45) is -2.20. The number of hydrogen-bond donors (Lipinski definition) is 0. The second kappa shape index (κ2) is 7.00. The minimum atomic E-state index is -4.34. The third-order valence-corrected chi connectivity index (χ3v) is 4.32. The number of aromatic nitrogens is 2. The van der Waals surface area contributed by atoms with Crippen molar-refractivity contribution in [2.24, 2.45) is 0 Å². The first-order chi connectivity index (χ1) is 11.8. The number of likely N-dealkylation sites (tertiary alicyclic amines) is 1. The van der Waals surface area contributed by atoms with Crippen molar-refractivity contribution >= 4 is 0 Å². The molecule has 1 aromatic heterocycles. The molecule has 2 heterocycles. The summed E-state index contributed by atoms with van der Waals surface area (Å²) in [6.45, 7) is 3.76. The van der Waals surface area contributed by atoms with Crippen LogP contribution in [0.3, 0.4) is 0 Å². The van der Waals surface area contributed by atoms with Crippen LogP contribution in [0.1, 0.15) is 24.0 Å². The Morgan fingerprint density at radius 3 is 2.48 bits per heavy atom. The Balaban J connectivity index is 1.75. The van der Waals surface area contributed by atoms with Crippen molar-refractivity contribution in [3.63, 3.8) is 0 Å². The number of benzene rings is 1. The third kappa shape index (κ3) is 4.28. The van der Waals surface area contributed by atoms with Crippen LogP contribution in [0.25, 0.3) is 11.3 Å². The number of nitrogens with zero attached hydrogens (tertiary/aromatic N) is 3. The summed E-state index contributed by atoms with van der Waals surface area (Å²) in [4.78, 5) is 2.21. The van der Waals surface area contributed by atoms with Gasteiger partial charge in [0, 0.05) is 18.2 Å². The Hall–Kier alpha value is -2.15. The number of aryl methyl sites for hydroxylation is 1. The van der Waals surface area contributed by atoms with Crippen molar-refractivity contribution in [3.05, 3.63) is 41.5 Å². The molecule has 0 aliphatic carbocycles. The molecule has 134 valence electrons. The summed E-state index contributed by atoms with van der Waals surface area (Å²) < 4.78 is 43.9. The highest BCUT2D eigenvalue weighted by Crippen LogP contribution is 2.31. The Bertz CT molecular complexity index is 731. The van der Waals surface area contributed by atoms with Crippen molar-refractivity contribution < 1.29 is 17.9 Å². The molecule has 4 nitrogen and oxygen atoms in total. The van der Waals surface area contributed by atoms with Gasteiger partial charge in [0.1, 0.15) is 6.10 Å². The van der Waals surface area contributed by atoms with Gasteiger partial charge in [0.2, 0.25) is 5.88 Å². The van der Waals surface area contributed by atoms with E-state index in [0.717, 1.165) is 43.6 Å². The SMILES string of the molecule is Cc1cc(O[C@@H]2CCCN(C)C2)nnc1-c1ccc(C(F)(F)F)cc1. The van der Waals surface area contributed by atoms with E-state index in [1.807, 2.05) is 6.92 Å². The van der Waals surface area contributed by atoms with Gasteiger partial charge in [-0.2, -0.15) is 13.2 Å². The fourth-order valence-corrected chi connectivity index (χ4v) is 3.01. The molecule has 0 spiro atoms. The molecule has 0 saturated carbocycles. The number of ether oxygens (including phenoxy) is 1. The molecule has 7 heteroatoms. The Kier molecular flexibility index (Phi) is 4.94. The average Bonchev–Trinajstić information content (AvgIpc) is 2.54. The monoisotopic (exact) mass is 351 g/mol. The molecule has 0 N–H and O–H groups in total. The summed E-state index contributed by atoms with van der Waals surface area (Å²) in [5.41, 5.74) is 1.29. The second-order valence-corrected chi connectivity index (χ2v) is 6.43. The van der Waals surface area contributed by atoms with Crippen molar-refractivity contribution in [2.45, 2.75) is 32.0 Å². The van der Waals surface area contributed by atoms with E-state index in [9.17, 15) is 13.2 Å². The lowest BCUT2D eigenvalue weighted by Gasteiger charge is -2.29. The van der Waals surface area contributed by atoms with Crippen molar-refractivity contribution in [2.75, 3.05) is 20.1 Å². The largest absolute Gasteiger partial charge is 0.472 e. The van der Waals surface area contributed by atoms with E-state index >= 15 is 0 Å². The van der Waals surface area contributed by atoms with Crippen LogP contribution in [0.5, 0.6) is 5.88 Å². The molecule has 25 heavy (non-hydrogen) atoms. The van der Waals surface area contributed by atoms with Gasteiger partial charge in [0.15, 0.2) is 0 Å². The summed E-state index contributed by atoms with van der Waals surface area (Å²) in [5, 5.41) is 8.25. The molecule has 0 unspecified atom stereocenters. The van der Waals surface area contributed by atoms with Gasteiger partial charge in [-0.25, -0.2) is 0 Å². The minimum Gasteiger partial charge on any atom is -0.472 e. The predicted molar refractivity (Wildman–Crippen MR) is 88.4 cm³/mol. The minimum absolute atomic E-state index is 0.0874. The fourth-order valence-electron chi connectivity index (χ4n) is 3.01. The van der Waals surface area contributed by atoms with E-state index in [1.165, 1.54) is 12.1 Å². The molecule has 0 amide bonds. The molecule has 0 bridgehead atoms. The van der Waals surface area contributed by atoms with Gasteiger partial charge in [-0.05, 0) is 51.1 Å². The van der Waals surface area contributed by atoms with Crippen molar-refractivity contribution in [1.82, 2.24) is 15.1 Å². The Morgan fingerprint density at radius 2 is 1.88 bits per heavy atom. The van der Waals surface area contributed by atoms with Gasteiger partial charge in [-0.1, -0.05) is 12.1 Å². The molecule has 1 fully saturated rings. The first-order valence-corrected chi connectivity index (χ1v) is 8.20. The van der Waals surface area contributed by atoms with Crippen LogP contribution < -0.4 is 4.74 Å². The predicted octanol–water partition coefficient (Wildman–Crippen LogP) is 3.94. The summed E-state index contributed by atoms with van der Waals surface area (Å²) in [7, 11) is 2.06. The number of likely N-dealkylation sites (N-methyl/N-ethyl adjacent to an activating group) is 1. The molecule has 1 aromatic carbocycles. The lowest BCUT2D eigenvalue weighted by atomic mass is 10.1. The number of rotatable bonds is 3. The maximum atomic E-state index is 12.7. The maximum absolute atomic E-state index is 12.7. The molecule has 1 saturated heterocycles. The summed E-state index contributed by atoms with van der Waals surface area (Å²) >= 11 is 0. The Morgan fingerprint density at radius 1 is 1.16 bits per heavy atom. The lowest BCUT2D eigenvalue weighted by molar-refractivity contribution is -0.137. The lowest BCUT2D eigenvalue weighted by Crippen LogP contribution is -2.38. The van der Waals surface area contributed by atoms with Crippen LogP contribution in [0.2, 0.25) is 0 Å². The molecule has 1 aliphatic rings. The number of hydrogen-bond acceptors (Lipinski definition) is 4. The normalized spacial score (nSPS) is 19.0. The van der Waals surface area contributed by atoms with Gasteiger partial charge in [0.25, 0.3) is 0 Å². The molecule has 1 atom stereocenters. The van der Waals surface area contributed by atoms with E-state index < -0.39 is 11.7 Å². The highest BCUT2D eigenvalue weighted by molar-refractivity contribution is 5.63. The van der Waals surface area contributed by atoms with Crippen LogP contribution in [-0.4, -0.2) is 41.3 Å². The van der Waals surface area contributed by atoms with Gasteiger partial charge in [0.05, 0.1) is 11.3 Å². The van der Waals surface area contributed by atoms with Crippen LogP contribution in [0.4, 0.5) is 13.2 Å². The van der Waals surface area contributed by atoms with E-state index in [4.69, 9.17) is 4.74 Å². The van der Waals surface area contributed by atoms with Crippen LogP contribution >= 0.6 is 0 Å². The van der Waals surface area contributed by atoms with E-state index in [1.54, 1.807) is 6.07 Å². The molecular formula is C18H20F3N3O. The summed E-state index contributed by atoms with van der Waals surface area (Å²) in [6, 6.07) is 6.72. The fraction of sp³-hybridized carbons (Fsp3) is 0.444. The van der Waals surface area contributed by atoms with Crippen LogP contribution in [0, 0.1) is 6.92 Å². The molecule has 1 aliphatic heterocycles. The van der Waals surface area contributed by atoms with Gasteiger partial charge in [-0.15, -0.1) is 10.2 Å². The standard InChI is InChI=1S/C18H20F3N3O/c1-12-10-16(25-15-4-3-9-24(2)11-15)22-23-17(12)13-5-7-14(8-6-13)18(19,20)21/h5-8,10,15H,3-4,9,11H2,1-2H3/t15-/m1/s1. The Labute approximate surface area is 144 Å². The second-order valence-electron chi connectivity index (χ2n) is 6.43. The third-order valence-electron chi connectivity index (χ3n) is 4.32. The molecular weight excluding hydrogens is 331 g/mol. The van der Waals surface area contributed by atoms with Crippen LogP contribution in [0.15, 0.2) is 30.3 Å². The van der Waals surface area contributed by atoms with E-state index in [0.29, 0.717) is 17.1 Å². The van der Waals surface area contributed by atoms with Crippen molar-refractivity contribution in [3.8, 4) is 17.1 Å². The zero-order chi connectivity index (χ0) is 18.0. The molecule has 0 radical (unpaired) electrons. The van der Waals surface area contributed by atoms with Crippen LogP contribution in [-0.2, 0) is 6.18 Å². The number of halogens is 3. The zero-order valence-electron chi connectivity index (χ0n) is 14.2. The van der Waals surface area contributed by atoms with Gasteiger partial charge < -0.3 is 9.64 Å². The first-order valence-electron chi connectivity index (χ1n) is 8.20. The first kappa shape index (κ1) is 17.7.